The third-order valence-electron chi connectivity index (χ3n) is 2.86. The van der Waals surface area contributed by atoms with Gasteiger partial charge in [0.15, 0.2) is 0 Å². The lowest BCUT2D eigenvalue weighted by Crippen LogP contribution is -2.24. The maximum Gasteiger partial charge on any atom is 0.408 e. The molecule has 0 aliphatic heterocycles. The molecule has 0 atom stereocenters. The number of alkyl carbamates (subject to hydrolysis) is 1. The van der Waals surface area contributed by atoms with Gasteiger partial charge in [-0.15, -0.1) is 0 Å². The second-order valence-electron chi connectivity index (χ2n) is 4.52. The van der Waals surface area contributed by atoms with E-state index in [1.165, 1.54) is 0 Å². The fraction of sp³-hybridized carbons (Fsp3) is 0.111. The first-order chi connectivity index (χ1) is 11.2. The Morgan fingerprint density at radius 1 is 1.17 bits per heavy atom. The predicted octanol–water partition coefficient (Wildman–Crippen LogP) is 3.49. The third-order valence-corrected chi connectivity index (χ3v) is 3.09. The van der Waals surface area contributed by atoms with Crippen LogP contribution in [0.25, 0.3) is 0 Å². The number of nitrogens with one attached hydrogen (secondary N) is 1. The van der Waals surface area contributed by atoms with Crippen LogP contribution in [0.4, 0.5) is 4.79 Å². The molecule has 1 N–H and O–H groups in total. The van der Waals surface area contributed by atoms with Crippen LogP contribution in [0, 0.1) is 23.2 Å². The average Bonchev–Trinajstić information content (AvgIpc) is 2.58. The van der Waals surface area contributed by atoms with Gasteiger partial charge in [0.1, 0.15) is 12.7 Å². The summed E-state index contributed by atoms with van der Waals surface area (Å²) in [7, 11) is 0. The summed E-state index contributed by atoms with van der Waals surface area (Å²) in [4.78, 5) is 11.5. The van der Waals surface area contributed by atoms with E-state index in [-0.39, 0.29) is 13.2 Å². The Kier molecular flexibility index (Phi) is 6.06. The zero-order valence-electron chi connectivity index (χ0n) is 12.2. The van der Waals surface area contributed by atoms with Crippen molar-refractivity contribution in [3.8, 4) is 17.9 Å². The molecule has 23 heavy (non-hydrogen) atoms. The second kappa shape index (κ2) is 8.48. The van der Waals surface area contributed by atoms with Crippen LogP contribution in [0.15, 0.2) is 48.5 Å². The van der Waals surface area contributed by atoms with E-state index in [1.807, 2.05) is 36.4 Å². The number of carbonyl (C=O) groups excluding carboxylic acids is 1. The maximum absolute atomic E-state index is 11.5. The molecule has 0 saturated heterocycles. The summed E-state index contributed by atoms with van der Waals surface area (Å²) < 4.78 is 5.05. The summed E-state index contributed by atoms with van der Waals surface area (Å²) in [6, 6.07) is 16.3. The van der Waals surface area contributed by atoms with Crippen LogP contribution in [0.3, 0.4) is 0 Å². The molecule has 0 radical (unpaired) electrons. The zero-order valence-corrected chi connectivity index (χ0v) is 12.9. The van der Waals surface area contributed by atoms with Gasteiger partial charge < -0.3 is 10.1 Å². The van der Waals surface area contributed by atoms with E-state index in [2.05, 4.69) is 17.2 Å². The van der Waals surface area contributed by atoms with Gasteiger partial charge in [-0.2, -0.15) is 5.26 Å². The minimum absolute atomic E-state index is 0.126. The monoisotopic (exact) mass is 324 g/mol. The molecular formula is C18H13ClN2O2. The standard InChI is InChI=1S/C18H13ClN2O2/c19-17-9-8-15(16(11-17)12-20)7-4-10-21-18(22)23-13-14-5-2-1-3-6-14/h1-3,5-6,8-9,11H,10,13H2,(H,21,22). The van der Waals surface area contributed by atoms with Gasteiger partial charge >= 0.3 is 6.09 Å². The molecular weight excluding hydrogens is 312 g/mol. The highest BCUT2D eigenvalue weighted by molar-refractivity contribution is 6.30. The summed E-state index contributed by atoms with van der Waals surface area (Å²) in [5.41, 5.74) is 1.88. The lowest BCUT2D eigenvalue weighted by Gasteiger charge is -2.04. The molecule has 1 amide bonds. The van der Waals surface area contributed by atoms with Gasteiger partial charge in [0.2, 0.25) is 0 Å². The molecule has 0 spiro atoms. The van der Waals surface area contributed by atoms with Gasteiger partial charge in [-0.3, -0.25) is 0 Å². The van der Waals surface area contributed by atoms with Gasteiger partial charge in [0, 0.05) is 10.6 Å². The lowest BCUT2D eigenvalue weighted by molar-refractivity contribution is 0.141. The van der Waals surface area contributed by atoms with Crippen molar-refractivity contribution in [2.24, 2.45) is 0 Å². The number of ether oxygens (including phenoxy) is 1. The first-order valence-corrected chi connectivity index (χ1v) is 7.20. The number of carbonyl (C=O) groups is 1. The summed E-state index contributed by atoms with van der Waals surface area (Å²) >= 11 is 5.81. The molecule has 2 aromatic rings. The van der Waals surface area contributed by atoms with Crippen LogP contribution in [-0.4, -0.2) is 12.6 Å². The largest absolute Gasteiger partial charge is 0.445 e. The van der Waals surface area contributed by atoms with Crippen molar-refractivity contribution in [3.05, 3.63) is 70.2 Å². The highest BCUT2D eigenvalue weighted by Gasteiger charge is 2.01. The van der Waals surface area contributed by atoms with Crippen molar-refractivity contribution in [2.75, 3.05) is 6.54 Å². The molecule has 114 valence electrons. The number of hydrogen-bond donors (Lipinski definition) is 1. The quantitative estimate of drug-likeness (QED) is 0.879. The molecule has 0 heterocycles. The smallest absolute Gasteiger partial charge is 0.408 e. The molecule has 0 saturated carbocycles. The van der Waals surface area contributed by atoms with Gasteiger partial charge in [0.25, 0.3) is 0 Å². The fourth-order valence-electron chi connectivity index (χ4n) is 1.75. The predicted molar refractivity (Wildman–Crippen MR) is 87.7 cm³/mol. The van der Waals surface area contributed by atoms with Crippen molar-refractivity contribution in [1.29, 1.82) is 5.26 Å². The number of hydrogen-bond acceptors (Lipinski definition) is 3. The zero-order chi connectivity index (χ0) is 16.5. The number of benzene rings is 2. The van der Waals surface area contributed by atoms with Crippen LogP contribution in [0.1, 0.15) is 16.7 Å². The topological polar surface area (TPSA) is 62.1 Å². The highest BCUT2D eigenvalue weighted by atomic mass is 35.5. The van der Waals surface area contributed by atoms with E-state index in [1.54, 1.807) is 18.2 Å². The number of rotatable bonds is 3. The van der Waals surface area contributed by atoms with Gasteiger partial charge in [0.05, 0.1) is 12.1 Å². The maximum atomic E-state index is 11.5. The number of halogens is 1. The van der Waals surface area contributed by atoms with Crippen molar-refractivity contribution < 1.29 is 9.53 Å². The van der Waals surface area contributed by atoms with Crippen LogP contribution in [0.2, 0.25) is 5.02 Å². The molecule has 0 aromatic heterocycles. The Hall–Kier alpha value is -2.95. The SMILES string of the molecule is N#Cc1cc(Cl)ccc1C#CCNC(=O)OCc1ccccc1. The lowest BCUT2D eigenvalue weighted by atomic mass is 10.1. The van der Waals surface area contributed by atoms with E-state index in [0.717, 1.165) is 5.56 Å². The minimum atomic E-state index is -0.542. The van der Waals surface area contributed by atoms with E-state index in [9.17, 15) is 4.79 Å². The summed E-state index contributed by atoms with van der Waals surface area (Å²) in [5, 5.41) is 12.0. The van der Waals surface area contributed by atoms with Crippen LogP contribution >= 0.6 is 11.6 Å². The Bertz CT molecular complexity index is 786. The fourth-order valence-corrected chi connectivity index (χ4v) is 1.92. The molecule has 0 bridgehead atoms. The number of amides is 1. The number of nitriles is 1. The normalized spacial score (nSPS) is 9.22. The Morgan fingerprint density at radius 2 is 1.96 bits per heavy atom. The van der Waals surface area contributed by atoms with E-state index in [4.69, 9.17) is 21.6 Å². The highest BCUT2D eigenvalue weighted by Crippen LogP contribution is 2.14. The Labute approximate surface area is 139 Å². The first kappa shape index (κ1) is 16.4. The van der Waals surface area contributed by atoms with E-state index >= 15 is 0 Å². The summed E-state index contributed by atoms with van der Waals surface area (Å²) in [6.07, 6.45) is -0.542. The first-order valence-electron chi connectivity index (χ1n) is 6.82. The van der Waals surface area contributed by atoms with Crippen molar-refractivity contribution in [2.45, 2.75) is 6.61 Å². The second-order valence-corrected chi connectivity index (χ2v) is 4.96. The van der Waals surface area contributed by atoms with Crippen LogP contribution in [0.5, 0.6) is 0 Å². The molecule has 2 rings (SSSR count). The van der Waals surface area contributed by atoms with E-state index in [0.29, 0.717) is 16.1 Å². The van der Waals surface area contributed by atoms with Gasteiger partial charge in [-0.1, -0.05) is 53.8 Å². The minimum Gasteiger partial charge on any atom is -0.445 e. The molecule has 5 heteroatoms. The third kappa shape index (κ3) is 5.39. The van der Waals surface area contributed by atoms with Crippen molar-refractivity contribution >= 4 is 17.7 Å². The number of nitrogens with zero attached hydrogens (tertiary/aromatic N) is 1. The summed E-state index contributed by atoms with van der Waals surface area (Å²) in [6.45, 7) is 0.330. The van der Waals surface area contributed by atoms with Crippen molar-refractivity contribution in [3.63, 3.8) is 0 Å². The molecule has 0 unspecified atom stereocenters. The van der Waals surface area contributed by atoms with Gasteiger partial charge in [-0.25, -0.2) is 4.79 Å². The van der Waals surface area contributed by atoms with Crippen LogP contribution < -0.4 is 5.32 Å². The molecule has 0 aliphatic carbocycles. The van der Waals surface area contributed by atoms with Gasteiger partial charge in [-0.05, 0) is 23.8 Å². The molecule has 0 fully saturated rings. The Balaban J connectivity index is 1.81. The van der Waals surface area contributed by atoms with E-state index < -0.39 is 6.09 Å². The molecule has 0 aliphatic rings. The average molecular weight is 325 g/mol. The van der Waals surface area contributed by atoms with Crippen molar-refractivity contribution in [1.82, 2.24) is 5.32 Å². The molecule has 2 aromatic carbocycles. The Morgan fingerprint density at radius 3 is 2.70 bits per heavy atom. The summed E-state index contributed by atoms with van der Waals surface area (Å²) in [5.74, 6) is 5.59. The van der Waals surface area contributed by atoms with Crippen LogP contribution in [-0.2, 0) is 11.3 Å². The molecule has 4 nitrogen and oxygen atoms in total.